The van der Waals surface area contributed by atoms with E-state index in [9.17, 15) is 0 Å². The van der Waals surface area contributed by atoms with Gasteiger partial charge in [0.05, 0.1) is 11.0 Å². The van der Waals surface area contributed by atoms with Gasteiger partial charge in [-0.25, -0.2) is 0 Å². The number of hydrogen-bond donors (Lipinski definition) is 0. The molecular formula is C50H51BN2. The number of nitrogens with zero attached hydrogens (tertiary/aromatic N) is 2. The summed E-state index contributed by atoms with van der Waals surface area (Å²) in [6.45, 7) is 38.0. The highest BCUT2D eigenvalue weighted by Gasteiger charge is 2.46. The van der Waals surface area contributed by atoms with E-state index in [0.717, 1.165) is 0 Å². The van der Waals surface area contributed by atoms with Gasteiger partial charge in [0.15, 0.2) is 0 Å². The first-order valence-electron chi connectivity index (χ1n) is 19.7. The van der Waals surface area contributed by atoms with Gasteiger partial charge in [-0.05, 0) is 221 Å². The minimum Gasteiger partial charge on any atom is -0.375 e. The Labute approximate surface area is 314 Å². The molecule has 0 fully saturated rings. The normalized spacial score (nSPS) is 13.2. The molecule has 2 aliphatic heterocycles. The smallest absolute Gasteiger partial charge is 0.333 e. The van der Waals surface area contributed by atoms with Crippen molar-refractivity contribution in [3.05, 3.63) is 107 Å². The monoisotopic (exact) mass is 690 g/mol. The van der Waals surface area contributed by atoms with E-state index < -0.39 is 0 Å². The maximum atomic E-state index is 2.87. The zero-order chi connectivity index (χ0) is 37.8. The molecule has 10 rings (SSSR count). The number of rotatable bonds is 0. The van der Waals surface area contributed by atoms with Crippen LogP contribution in [0.2, 0.25) is 0 Å². The molecule has 0 bridgehead atoms. The summed E-state index contributed by atoms with van der Waals surface area (Å²) >= 11 is 0. The average Bonchev–Trinajstić information content (AvgIpc) is 3.68. The van der Waals surface area contributed by atoms with Gasteiger partial charge in [-0.2, -0.15) is 0 Å². The molecule has 0 amide bonds. The van der Waals surface area contributed by atoms with Crippen LogP contribution in [-0.4, -0.2) is 15.9 Å². The van der Waals surface area contributed by atoms with Gasteiger partial charge in [-0.3, -0.25) is 0 Å². The molecular weight excluding hydrogens is 639 g/mol. The molecule has 4 heterocycles. The summed E-state index contributed by atoms with van der Waals surface area (Å²) in [7, 11) is 0. The van der Waals surface area contributed by atoms with Crippen molar-refractivity contribution in [1.82, 2.24) is 9.05 Å². The van der Waals surface area contributed by atoms with Crippen LogP contribution >= 0.6 is 0 Å². The van der Waals surface area contributed by atoms with Crippen molar-refractivity contribution in [2.75, 3.05) is 0 Å². The first kappa shape index (κ1) is 32.9. The van der Waals surface area contributed by atoms with Gasteiger partial charge in [0.2, 0.25) is 0 Å². The van der Waals surface area contributed by atoms with E-state index in [-0.39, 0.29) is 6.85 Å². The molecule has 0 saturated heterocycles. The minimum absolute atomic E-state index is 0.0410. The second-order valence-electron chi connectivity index (χ2n) is 17.4. The molecule has 0 atom stereocenters. The Morgan fingerprint density at radius 1 is 0.358 bits per heavy atom. The van der Waals surface area contributed by atoms with Crippen molar-refractivity contribution in [3.8, 4) is 16.8 Å². The number of benzene rings is 6. The molecule has 0 unspecified atom stereocenters. The van der Waals surface area contributed by atoms with Gasteiger partial charge in [0.1, 0.15) is 0 Å². The van der Waals surface area contributed by atoms with E-state index in [2.05, 4.69) is 138 Å². The van der Waals surface area contributed by atoms with E-state index in [1.165, 1.54) is 171 Å². The summed E-state index contributed by atoms with van der Waals surface area (Å²) in [6.07, 6.45) is 0. The van der Waals surface area contributed by atoms with Gasteiger partial charge in [0, 0.05) is 43.8 Å². The van der Waals surface area contributed by atoms with Crippen LogP contribution in [0.15, 0.2) is 18.2 Å². The molecule has 2 aromatic heterocycles. The van der Waals surface area contributed by atoms with Crippen LogP contribution in [0.1, 0.15) is 89.0 Å². The van der Waals surface area contributed by atoms with Crippen LogP contribution in [-0.2, 0) is 0 Å². The fraction of sp³-hybridized carbons (Fsp3) is 0.320. The SMILES string of the molecule is Cc1ccc2c(c1)c1c3c4c2c2c(C)c(C)c(C)c(C)c2n4-c2c(C)c(C)c(C)c(C)c2B3n2c3c(C)c(C)c(C)c(C)c3c3c(C)c(C)c(C)c-1c32. The second-order valence-corrected chi connectivity index (χ2v) is 17.4. The van der Waals surface area contributed by atoms with Crippen molar-refractivity contribution < 1.29 is 0 Å². The predicted octanol–water partition coefficient (Wildman–Crippen LogP) is 11.9. The van der Waals surface area contributed by atoms with Crippen molar-refractivity contribution in [2.45, 2.75) is 111 Å². The fourth-order valence-electron chi connectivity index (χ4n) is 11.4. The minimum atomic E-state index is 0.0410. The lowest BCUT2D eigenvalue weighted by molar-refractivity contribution is 1.09. The van der Waals surface area contributed by atoms with Gasteiger partial charge < -0.3 is 9.05 Å². The molecule has 0 aliphatic carbocycles. The second kappa shape index (κ2) is 10.1. The highest BCUT2D eigenvalue weighted by Crippen LogP contribution is 2.53. The lowest BCUT2D eigenvalue weighted by atomic mass is 9.43. The molecule has 0 radical (unpaired) electrons. The summed E-state index contributed by atoms with van der Waals surface area (Å²) < 4.78 is 5.64. The summed E-state index contributed by atoms with van der Waals surface area (Å²) in [5.74, 6) is 0. The lowest BCUT2D eigenvalue weighted by Crippen LogP contribution is -2.57. The number of aryl methyl sites for hydroxylation is 6. The van der Waals surface area contributed by atoms with Crippen LogP contribution in [0.5, 0.6) is 0 Å². The zero-order valence-corrected chi connectivity index (χ0v) is 34.7. The van der Waals surface area contributed by atoms with Gasteiger partial charge >= 0.3 is 6.85 Å². The van der Waals surface area contributed by atoms with E-state index in [1.807, 2.05) is 0 Å². The van der Waals surface area contributed by atoms with Crippen molar-refractivity contribution in [1.29, 1.82) is 0 Å². The number of fused-ring (bicyclic) bond motifs is 14. The number of aromatic nitrogens is 2. The molecule has 2 nitrogen and oxygen atoms in total. The highest BCUT2D eigenvalue weighted by atomic mass is 15.0. The maximum Gasteiger partial charge on any atom is 0.333 e. The molecule has 264 valence electrons. The average molecular weight is 691 g/mol. The highest BCUT2D eigenvalue weighted by molar-refractivity contribution is 6.91. The summed E-state index contributed by atoms with van der Waals surface area (Å²) in [6, 6.07) is 7.32. The molecule has 6 aromatic carbocycles. The molecule has 0 spiro atoms. The first-order chi connectivity index (χ1) is 25.0. The van der Waals surface area contributed by atoms with E-state index in [1.54, 1.807) is 0 Å². The van der Waals surface area contributed by atoms with Crippen LogP contribution in [0.3, 0.4) is 0 Å². The van der Waals surface area contributed by atoms with Gasteiger partial charge in [-0.1, -0.05) is 23.8 Å². The lowest BCUT2D eigenvalue weighted by Gasteiger charge is -2.38. The van der Waals surface area contributed by atoms with E-state index in [0.29, 0.717) is 0 Å². The van der Waals surface area contributed by atoms with Crippen molar-refractivity contribution in [2.24, 2.45) is 0 Å². The predicted molar refractivity (Wildman–Crippen MR) is 233 cm³/mol. The van der Waals surface area contributed by atoms with Crippen LogP contribution in [0, 0.1) is 111 Å². The Kier molecular flexibility index (Phi) is 6.23. The Morgan fingerprint density at radius 3 is 1.47 bits per heavy atom. The first-order valence-corrected chi connectivity index (χ1v) is 19.7. The third-order valence-electron chi connectivity index (χ3n) is 15.5. The Morgan fingerprint density at radius 2 is 0.849 bits per heavy atom. The summed E-state index contributed by atoms with van der Waals surface area (Å²) in [5, 5.41) is 8.56. The van der Waals surface area contributed by atoms with Gasteiger partial charge in [-0.15, -0.1) is 0 Å². The van der Waals surface area contributed by atoms with Crippen molar-refractivity contribution >= 4 is 72.2 Å². The summed E-state index contributed by atoms with van der Waals surface area (Å²) in [5.41, 5.74) is 35.5. The third kappa shape index (κ3) is 3.42. The molecule has 8 aromatic rings. The Balaban J connectivity index is 1.67. The van der Waals surface area contributed by atoms with E-state index in [4.69, 9.17) is 0 Å². The molecule has 53 heavy (non-hydrogen) atoms. The Hall–Kier alpha value is -4.76. The van der Waals surface area contributed by atoms with Crippen LogP contribution < -0.4 is 10.9 Å². The van der Waals surface area contributed by atoms with Crippen LogP contribution in [0.25, 0.3) is 71.2 Å². The maximum absolute atomic E-state index is 2.87. The van der Waals surface area contributed by atoms with Crippen LogP contribution in [0.4, 0.5) is 0 Å². The molecule has 2 aliphatic rings. The molecule has 0 N–H and O–H groups in total. The topological polar surface area (TPSA) is 9.86 Å². The Bertz CT molecular complexity index is 3160. The quantitative estimate of drug-likeness (QED) is 0.140. The summed E-state index contributed by atoms with van der Waals surface area (Å²) in [4.78, 5) is 0. The molecule has 3 heteroatoms. The third-order valence-corrected chi connectivity index (χ3v) is 15.5. The fourth-order valence-corrected chi connectivity index (χ4v) is 11.4. The van der Waals surface area contributed by atoms with Gasteiger partial charge in [0.25, 0.3) is 0 Å². The largest absolute Gasteiger partial charge is 0.375 e. The van der Waals surface area contributed by atoms with E-state index >= 15 is 0 Å². The van der Waals surface area contributed by atoms with Crippen molar-refractivity contribution in [3.63, 3.8) is 0 Å². The molecule has 0 saturated carbocycles. The standard InChI is InChI=1S/C50H51BN2/c1-20-17-18-36-37(19-20)42-40-31(12)27(8)30(11)39-38-28(9)22(3)25(6)34(15)47(38)53(49(39)40)51-44-32(13)23(4)26(7)35(16)48(44)52-46-33(14)24(5)21(2)29(10)41(46)43(36)50(52)45(42)51/h17-19H,1-16H3. The number of hydrogen-bond acceptors (Lipinski definition) is 0. The zero-order valence-electron chi connectivity index (χ0n) is 34.7.